The van der Waals surface area contributed by atoms with Crippen molar-refractivity contribution in [1.82, 2.24) is 15.0 Å². The summed E-state index contributed by atoms with van der Waals surface area (Å²) >= 11 is 1.35. The number of aliphatic hydroxyl groups excluding tert-OH is 1. The molecule has 2 aromatic carbocycles. The number of hydrogen-bond donors (Lipinski definition) is 2. The van der Waals surface area contributed by atoms with Crippen molar-refractivity contribution in [3.63, 3.8) is 0 Å². The van der Waals surface area contributed by atoms with Gasteiger partial charge in [-0.1, -0.05) is 47.7 Å². The molecule has 7 nitrogen and oxygen atoms in total. The Labute approximate surface area is 220 Å². The van der Waals surface area contributed by atoms with Gasteiger partial charge in [-0.3, -0.25) is 9.78 Å². The lowest BCUT2D eigenvalue weighted by atomic mass is 9.99. The summed E-state index contributed by atoms with van der Waals surface area (Å²) in [6.45, 7) is 7.78. The molecule has 1 aliphatic rings. The Kier molecular flexibility index (Phi) is 6.95. The zero-order valence-corrected chi connectivity index (χ0v) is 22.1. The molecule has 0 fully saturated rings. The highest BCUT2D eigenvalue weighted by molar-refractivity contribution is 8.00. The Morgan fingerprint density at radius 3 is 2.43 bits per heavy atom. The van der Waals surface area contributed by atoms with E-state index in [4.69, 9.17) is 14.7 Å². The summed E-state index contributed by atoms with van der Waals surface area (Å²) in [4.78, 5) is 26.8. The highest BCUT2D eigenvalue weighted by Gasteiger charge is 2.28. The van der Waals surface area contributed by atoms with Crippen molar-refractivity contribution in [3.05, 3.63) is 87.7 Å². The number of nitrogens with one attached hydrogen (secondary N) is 1. The van der Waals surface area contributed by atoms with Crippen molar-refractivity contribution in [1.29, 1.82) is 0 Å². The fourth-order valence-corrected chi connectivity index (χ4v) is 5.25. The van der Waals surface area contributed by atoms with E-state index in [9.17, 15) is 9.90 Å². The number of thioether (sulfide) groups is 1. The van der Waals surface area contributed by atoms with Crippen molar-refractivity contribution >= 4 is 23.4 Å². The van der Waals surface area contributed by atoms with Gasteiger partial charge in [-0.15, -0.1) is 0 Å². The van der Waals surface area contributed by atoms with Gasteiger partial charge in [-0.25, -0.2) is 4.98 Å². The number of carbonyl (C=O) groups excluding carboxylic acids is 1. The van der Waals surface area contributed by atoms with Crippen LogP contribution >= 0.6 is 11.8 Å². The number of ether oxygens (including phenoxy) is 1. The summed E-state index contributed by atoms with van der Waals surface area (Å²) in [6, 6.07) is 14.0. The zero-order valence-electron chi connectivity index (χ0n) is 21.3. The number of anilines is 1. The number of nitrogens with zero attached hydrogens (tertiary/aromatic N) is 3. The maximum atomic E-state index is 12.9. The second kappa shape index (κ2) is 10.3. The number of hydrogen-bond acceptors (Lipinski definition) is 7. The summed E-state index contributed by atoms with van der Waals surface area (Å²) < 4.78 is 6.27. The molecule has 1 amide bonds. The molecule has 0 radical (unpaired) electrons. The molecule has 3 heterocycles. The first-order valence-electron chi connectivity index (χ1n) is 12.1. The van der Waals surface area contributed by atoms with Crippen LogP contribution in [0.2, 0.25) is 0 Å². The number of fused-ring (bicyclic) bond motifs is 2. The molecule has 37 heavy (non-hydrogen) atoms. The second-order valence-electron chi connectivity index (χ2n) is 9.33. The van der Waals surface area contributed by atoms with E-state index in [0.717, 1.165) is 44.8 Å². The summed E-state index contributed by atoms with van der Waals surface area (Å²) in [6.07, 6.45) is 2.16. The van der Waals surface area contributed by atoms with Crippen molar-refractivity contribution in [2.24, 2.45) is 0 Å². The first-order valence-corrected chi connectivity index (χ1v) is 13.0. The second-order valence-corrected chi connectivity index (χ2v) is 10.3. The van der Waals surface area contributed by atoms with Gasteiger partial charge in [0.2, 0.25) is 11.8 Å². The number of rotatable bonds is 6. The first-order chi connectivity index (χ1) is 17.8. The molecule has 188 valence electrons. The topological polar surface area (TPSA) is 97.2 Å². The van der Waals surface area contributed by atoms with E-state index < -0.39 is 0 Å². The van der Waals surface area contributed by atoms with E-state index in [1.807, 2.05) is 64.1 Å². The monoisotopic (exact) mass is 512 g/mol. The van der Waals surface area contributed by atoms with Crippen LogP contribution in [0.15, 0.2) is 53.7 Å². The van der Waals surface area contributed by atoms with Crippen LogP contribution in [0.3, 0.4) is 0 Å². The molecule has 0 aliphatic carbocycles. The van der Waals surface area contributed by atoms with Crippen LogP contribution in [0.25, 0.3) is 11.4 Å². The van der Waals surface area contributed by atoms with E-state index in [1.165, 1.54) is 11.8 Å². The van der Waals surface area contributed by atoms with Crippen LogP contribution in [-0.2, 0) is 17.8 Å². The Bertz CT molecular complexity index is 1480. The molecule has 0 unspecified atom stereocenters. The average Bonchev–Trinajstić information content (AvgIpc) is 2.86. The van der Waals surface area contributed by atoms with E-state index in [0.29, 0.717) is 34.5 Å². The highest BCUT2D eigenvalue weighted by atomic mass is 32.2. The Balaban J connectivity index is 1.48. The minimum atomic E-state index is -0.141. The minimum Gasteiger partial charge on any atom is -0.436 e. The van der Waals surface area contributed by atoms with Gasteiger partial charge < -0.3 is 15.2 Å². The van der Waals surface area contributed by atoms with Gasteiger partial charge in [0.05, 0.1) is 23.6 Å². The number of aromatic nitrogens is 3. The van der Waals surface area contributed by atoms with Crippen LogP contribution in [0, 0.1) is 27.7 Å². The molecule has 0 spiro atoms. The van der Waals surface area contributed by atoms with Crippen LogP contribution in [-0.4, -0.2) is 31.7 Å². The van der Waals surface area contributed by atoms with Crippen LogP contribution < -0.4 is 10.1 Å². The molecule has 4 aromatic rings. The molecule has 8 heteroatoms. The zero-order chi connectivity index (χ0) is 26.1. The minimum absolute atomic E-state index is 0.118. The van der Waals surface area contributed by atoms with E-state index in [2.05, 4.69) is 16.4 Å². The molecule has 2 aromatic heterocycles. The SMILES string of the molecule is Cc1ccc(-c2nc3c(c(SCC(=O)Nc4cc(C)cc(C)c4)n2)Cc2c(CO)cnc(C)c2O3)cc1. The Hall–Kier alpha value is -3.75. The van der Waals surface area contributed by atoms with Gasteiger partial charge in [-0.2, -0.15) is 4.98 Å². The number of aliphatic hydroxyl groups is 1. The quantitative estimate of drug-likeness (QED) is 0.223. The van der Waals surface area contributed by atoms with E-state index in [1.54, 1.807) is 6.20 Å². The van der Waals surface area contributed by atoms with Crippen LogP contribution in [0.1, 0.15) is 39.1 Å². The molecule has 5 rings (SSSR count). The van der Waals surface area contributed by atoms with Crippen molar-refractivity contribution < 1.29 is 14.6 Å². The molecule has 0 atom stereocenters. The number of benzene rings is 2. The van der Waals surface area contributed by atoms with E-state index >= 15 is 0 Å². The highest BCUT2D eigenvalue weighted by Crippen LogP contribution is 2.42. The fraction of sp³-hybridized carbons (Fsp3) is 0.241. The predicted octanol–water partition coefficient (Wildman–Crippen LogP) is 5.69. The molecule has 0 saturated heterocycles. The Morgan fingerprint density at radius 1 is 1.00 bits per heavy atom. The maximum Gasteiger partial charge on any atom is 0.234 e. The number of aryl methyl sites for hydroxylation is 4. The summed E-state index contributed by atoms with van der Waals surface area (Å²) in [5.74, 6) is 1.67. The van der Waals surface area contributed by atoms with E-state index in [-0.39, 0.29) is 18.3 Å². The number of pyridine rings is 1. The molecule has 2 N–H and O–H groups in total. The standard InChI is InChI=1S/C29H28N4O3S/c1-16-5-7-20(8-6-16)27-32-28-24(12-23-21(14-34)13-30-19(4)26(23)36-28)29(33-27)37-15-25(35)31-22-10-17(2)9-18(3)11-22/h5-11,13,34H,12,14-15H2,1-4H3,(H,31,35). The van der Waals surface area contributed by atoms with Crippen LogP contribution in [0.5, 0.6) is 11.6 Å². The Morgan fingerprint density at radius 2 is 1.73 bits per heavy atom. The van der Waals surface area contributed by atoms with Crippen molar-refractivity contribution in [2.45, 2.75) is 45.7 Å². The summed E-state index contributed by atoms with van der Waals surface area (Å²) in [7, 11) is 0. The smallest absolute Gasteiger partial charge is 0.234 e. The lowest BCUT2D eigenvalue weighted by Gasteiger charge is -2.24. The third kappa shape index (κ3) is 5.35. The van der Waals surface area contributed by atoms with Gasteiger partial charge in [-0.05, 0) is 51.0 Å². The van der Waals surface area contributed by atoms with Crippen LogP contribution in [0.4, 0.5) is 5.69 Å². The predicted molar refractivity (Wildman–Crippen MR) is 145 cm³/mol. The summed E-state index contributed by atoms with van der Waals surface area (Å²) in [5.41, 5.74) is 8.08. The van der Waals surface area contributed by atoms with Gasteiger partial charge in [0, 0.05) is 35.0 Å². The molecule has 0 saturated carbocycles. The molecular weight excluding hydrogens is 484 g/mol. The first kappa shape index (κ1) is 24.9. The third-order valence-corrected chi connectivity index (χ3v) is 7.23. The normalized spacial score (nSPS) is 11.9. The average molecular weight is 513 g/mol. The molecular formula is C29H28N4O3S. The third-order valence-electron chi connectivity index (χ3n) is 6.21. The van der Waals surface area contributed by atoms with Gasteiger partial charge in [0.25, 0.3) is 0 Å². The fourth-order valence-electron chi connectivity index (χ4n) is 4.42. The molecule has 1 aliphatic heterocycles. The lowest BCUT2D eigenvalue weighted by Crippen LogP contribution is -2.16. The number of amides is 1. The molecule has 0 bridgehead atoms. The summed E-state index contributed by atoms with van der Waals surface area (Å²) in [5, 5.41) is 13.6. The maximum absolute atomic E-state index is 12.9. The number of carbonyl (C=O) groups is 1. The van der Waals surface area contributed by atoms with Gasteiger partial charge >= 0.3 is 0 Å². The van der Waals surface area contributed by atoms with Crippen molar-refractivity contribution in [2.75, 3.05) is 11.1 Å². The largest absolute Gasteiger partial charge is 0.436 e. The van der Waals surface area contributed by atoms with Crippen molar-refractivity contribution in [3.8, 4) is 23.0 Å². The van der Waals surface area contributed by atoms with Gasteiger partial charge in [0.15, 0.2) is 11.6 Å². The van der Waals surface area contributed by atoms with Gasteiger partial charge in [0.1, 0.15) is 5.03 Å². The lowest BCUT2D eigenvalue weighted by molar-refractivity contribution is -0.113.